The van der Waals surface area contributed by atoms with E-state index >= 15 is 0 Å². The third-order valence-electron chi connectivity index (χ3n) is 2.86. The lowest BCUT2D eigenvalue weighted by atomic mass is 10.3. The van der Waals surface area contributed by atoms with Crippen molar-refractivity contribution in [2.45, 2.75) is 13.2 Å². The monoisotopic (exact) mass is 309 g/mol. The Morgan fingerprint density at radius 2 is 2.33 bits per heavy atom. The average molecular weight is 310 g/mol. The van der Waals surface area contributed by atoms with Crippen LogP contribution in [-0.2, 0) is 24.9 Å². The summed E-state index contributed by atoms with van der Waals surface area (Å²) < 4.78 is 6.58. The SMILES string of the molecule is COCc1ncc(CNC(=O)c2cc(Cl)cn2C)c(N)n1. The number of nitrogen functional groups attached to an aromatic ring is 1. The molecule has 0 unspecified atom stereocenters. The van der Waals surface area contributed by atoms with Gasteiger partial charge in [-0.3, -0.25) is 4.79 Å². The fourth-order valence-electron chi connectivity index (χ4n) is 1.81. The summed E-state index contributed by atoms with van der Waals surface area (Å²) in [6.45, 7) is 0.527. The quantitative estimate of drug-likeness (QED) is 0.863. The van der Waals surface area contributed by atoms with Gasteiger partial charge in [0.15, 0.2) is 5.82 Å². The van der Waals surface area contributed by atoms with E-state index in [4.69, 9.17) is 22.1 Å². The Kier molecular flexibility index (Phi) is 4.77. The number of carbonyl (C=O) groups excluding carboxylic acids is 1. The number of methoxy groups -OCH3 is 1. The zero-order valence-electron chi connectivity index (χ0n) is 11.8. The molecule has 0 aromatic carbocycles. The lowest BCUT2D eigenvalue weighted by Crippen LogP contribution is -2.25. The number of ether oxygens (including phenoxy) is 1. The third-order valence-corrected chi connectivity index (χ3v) is 3.07. The van der Waals surface area contributed by atoms with E-state index in [1.165, 1.54) is 0 Å². The van der Waals surface area contributed by atoms with Gasteiger partial charge in [-0.15, -0.1) is 0 Å². The van der Waals surface area contributed by atoms with Crippen molar-refractivity contribution in [3.05, 3.63) is 40.6 Å². The van der Waals surface area contributed by atoms with Gasteiger partial charge in [0, 0.05) is 38.7 Å². The van der Waals surface area contributed by atoms with Gasteiger partial charge in [-0.25, -0.2) is 9.97 Å². The molecule has 2 heterocycles. The minimum atomic E-state index is -0.246. The van der Waals surface area contributed by atoms with Crippen LogP contribution in [0.5, 0.6) is 0 Å². The van der Waals surface area contributed by atoms with Crippen molar-refractivity contribution in [2.24, 2.45) is 7.05 Å². The molecule has 0 aliphatic heterocycles. The summed E-state index contributed by atoms with van der Waals surface area (Å²) in [6, 6.07) is 1.60. The maximum Gasteiger partial charge on any atom is 0.268 e. The molecule has 2 aromatic rings. The van der Waals surface area contributed by atoms with Gasteiger partial charge in [0.2, 0.25) is 0 Å². The maximum atomic E-state index is 12.0. The highest BCUT2D eigenvalue weighted by Crippen LogP contribution is 2.13. The third kappa shape index (κ3) is 3.71. The first kappa shape index (κ1) is 15.3. The van der Waals surface area contributed by atoms with Crippen molar-refractivity contribution in [1.82, 2.24) is 19.9 Å². The number of halogens is 1. The van der Waals surface area contributed by atoms with Crippen molar-refractivity contribution in [2.75, 3.05) is 12.8 Å². The molecule has 8 heteroatoms. The number of nitrogens with zero attached hydrogens (tertiary/aromatic N) is 3. The highest BCUT2D eigenvalue weighted by Gasteiger charge is 2.12. The van der Waals surface area contributed by atoms with Crippen molar-refractivity contribution < 1.29 is 9.53 Å². The van der Waals surface area contributed by atoms with Crippen LogP contribution in [0.15, 0.2) is 18.5 Å². The Morgan fingerprint density at radius 3 is 2.90 bits per heavy atom. The minimum absolute atomic E-state index is 0.237. The van der Waals surface area contributed by atoms with Crippen molar-refractivity contribution in [3.8, 4) is 0 Å². The Hall–Kier alpha value is -2.12. The molecule has 2 rings (SSSR count). The van der Waals surface area contributed by atoms with Crippen molar-refractivity contribution in [3.63, 3.8) is 0 Å². The Labute approximate surface area is 127 Å². The van der Waals surface area contributed by atoms with E-state index in [1.54, 1.807) is 37.2 Å². The zero-order valence-corrected chi connectivity index (χ0v) is 12.5. The van der Waals surface area contributed by atoms with E-state index in [9.17, 15) is 4.79 Å². The number of aryl methyl sites for hydroxylation is 1. The van der Waals surface area contributed by atoms with Crippen LogP contribution in [0.2, 0.25) is 5.02 Å². The summed E-state index contributed by atoms with van der Waals surface area (Å²) >= 11 is 5.85. The molecule has 2 aromatic heterocycles. The van der Waals surface area contributed by atoms with Gasteiger partial charge in [-0.1, -0.05) is 11.6 Å². The average Bonchev–Trinajstić information content (AvgIpc) is 2.77. The van der Waals surface area contributed by atoms with E-state index in [1.807, 2.05) is 0 Å². The molecular formula is C13H16ClN5O2. The summed E-state index contributed by atoms with van der Waals surface area (Å²) in [5.41, 5.74) is 6.94. The van der Waals surface area contributed by atoms with Gasteiger partial charge < -0.3 is 20.4 Å². The van der Waals surface area contributed by atoms with Gasteiger partial charge in [0.25, 0.3) is 5.91 Å². The normalized spacial score (nSPS) is 10.6. The molecule has 0 aliphatic rings. The fourth-order valence-corrected chi connectivity index (χ4v) is 2.06. The van der Waals surface area contributed by atoms with Crippen molar-refractivity contribution >= 4 is 23.3 Å². The molecule has 0 spiro atoms. The molecule has 0 bridgehead atoms. The Balaban J connectivity index is 2.03. The van der Waals surface area contributed by atoms with E-state index in [2.05, 4.69) is 15.3 Å². The maximum absolute atomic E-state index is 12.0. The first-order valence-electron chi connectivity index (χ1n) is 6.20. The van der Waals surface area contributed by atoms with Crippen LogP contribution in [0.3, 0.4) is 0 Å². The Bertz CT molecular complexity index is 656. The molecular weight excluding hydrogens is 294 g/mol. The van der Waals surface area contributed by atoms with E-state index < -0.39 is 0 Å². The molecule has 7 nitrogen and oxygen atoms in total. The molecule has 0 aliphatic carbocycles. The molecule has 1 amide bonds. The second kappa shape index (κ2) is 6.55. The second-order valence-corrected chi connectivity index (χ2v) is 4.90. The summed E-state index contributed by atoms with van der Waals surface area (Å²) in [5.74, 6) is 0.575. The largest absolute Gasteiger partial charge is 0.383 e. The van der Waals surface area contributed by atoms with Gasteiger partial charge in [0.05, 0.1) is 5.02 Å². The van der Waals surface area contributed by atoms with Crippen LogP contribution in [0.1, 0.15) is 21.9 Å². The van der Waals surface area contributed by atoms with E-state index in [0.717, 1.165) is 0 Å². The van der Waals surface area contributed by atoms with Gasteiger partial charge >= 0.3 is 0 Å². The number of nitrogens with two attached hydrogens (primary N) is 1. The van der Waals surface area contributed by atoms with Crippen LogP contribution in [-0.4, -0.2) is 27.6 Å². The first-order chi connectivity index (χ1) is 10.0. The number of carbonyl (C=O) groups is 1. The molecule has 112 valence electrons. The minimum Gasteiger partial charge on any atom is -0.383 e. The Morgan fingerprint density at radius 1 is 1.57 bits per heavy atom. The van der Waals surface area contributed by atoms with Crippen LogP contribution < -0.4 is 11.1 Å². The smallest absolute Gasteiger partial charge is 0.268 e. The predicted molar refractivity (Wildman–Crippen MR) is 78.8 cm³/mol. The standard InChI is InChI=1S/C13H16ClN5O2/c1-19-6-9(14)3-10(19)13(20)17-5-8-4-16-11(7-21-2)18-12(8)15/h3-4,6H,5,7H2,1-2H3,(H,17,20)(H2,15,16,18). The van der Waals surface area contributed by atoms with Crippen LogP contribution in [0.25, 0.3) is 0 Å². The molecule has 0 saturated heterocycles. The van der Waals surface area contributed by atoms with Crippen LogP contribution in [0.4, 0.5) is 5.82 Å². The molecule has 0 atom stereocenters. The molecule has 0 fully saturated rings. The van der Waals surface area contributed by atoms with Crippen molar-refractivity contribution in [1.29, 1.82) is 0 Å². The first-order valence-corrected chi connectivity index (χ1v) is 6.58. The number of anilines is 1. The number of aromatic nitrogens is 3. The molecule has 21 heavy (non-hydrogen) atoms. The summed E-state index contributed by atoms with van der Waals surface area (Å²) in [6.07, 6.45) is 3.24. The van der Waals surface area contributed by atoms with Gasteiger partial charge in [0.1, 0.15) is 18.1 Å². The van der Waals surface area contributed by atoms with E-state index in [0.29, 0.717) is 34.5 Å². The number of nitrogens with one attached hydrogen (secondary N) is 1. The van der Waals surface area contributed by atoms with Gasteiger partial charge in [-0.2, -0.15) is 0 Å². The van der Waals surface area contributed by atoms with Crippen LogP contribution in [0, 0.1) is 0 Å². The summed E-state index contributed by atoms with van der Waals surface area (Å²) in [7, 11) is 3.30. The van der Waals surface area contributed by atoms with E-state index in [-0.39, 0.29) is 12.5 Å². The zero-order chi connectivity index (χ0) is 15.4. The summed E-state index contributed by atoms with van der Waals surface area (Å²) in [4.78, 5) is 20.2. The highest BCUT2D eigenvalue weighted by atomic mass is 35.5. The second-order valence-electron chi connectivity index (χ2n) is 4.47. The summed E-state index contributed by atoms with van der Waals surface area (Å²) in [5, 5.41) is 3.26. The van der Waals surface area contributed by atoms with Crippen LogP contribution >= 0.6 is 11.6 Å². The number of amides is 1. The lowest BCUT2D eigenvalue weighted by Gasteiger charge is -2.08. The highest BCUT2D eigenvalue weighted by molar-refractivity contribution is 6.31. The predicted octanol–water partition coefficient (Wildman–Crippen LogP) is 1.13. The lowest BCUT2D eigenvalue weighted by molar-refractivity contribution is 0.0943. The molecule has 0 radical (unpaired) electrons. The van der Waals surface area contributed by atoms with Gasteiger partial charge in [-0.05, 0) is 6.07 Å². The number of hydrogen-bond acceptors (Lipinski definition) is 5. The molecule has 0 saturated carbocycles. The topological polar surface area (TPSA) is 95.1 Å². The fraction of sp³-hybridized carbons (Fsp3) is 0.308. The number of hydrogen-bond donors (Lipinski definition) is 2. The number of rotatable bonds is 5. The molecule has 3 N–H and O–H groups in total.